The standard InChI is InChI=1S/C28H28Cl4O8/c1-12-9-10-28(2,27(34)15-18(31)23(37-5)26(40-8)24(38-6)19(15)32)13(11-12)20(33)14-16(29)21(35-3)25(39-7)22(36-4)17(14)30/h9,11H,10H2,1-8H3. The first-order valence-electron chi connectivity index (χ1n) is 11.7. The zero-order valence-corrected chi connectivity index (χ0v) is 26.2. The molecule has 0 aliphatic heterocycles. The second-order valence-electron chi connectivity index (χ2n) is 8.91. The van der Waals surface area contributed by atoms with Gasteiger partial charge in [-0.15, -0.1) is 0 Å². The third kappa shape index (κ3) is 4.96. The number of ketones is 2. The van der Waals surface area contributed by atoms with E-state index in [-0.39, 0.29) is 77.7 Å². The highest BCUT2D eigenvalue weighted by atomic mass is 35.5. The number of allylic oxidation sites excluding steroid dienone is 4. The van der Waals surface area contributed by atoms with Crippen LogP contribution in [0.25, 0.3) is 0 Å². The number of carbonyl (C=O) groups excluding carboxylic acids is 2. The molecular weight excluding hydrogens is 606 g/mol. The van der Waals surface area contributed by atoms with Gasteiger partial charge in [-0.05, 0) is 20.3 Å². The minimum atomic E-state index is -1.47. The van der Waals surface area contributed by atoms with Gasteiger partial charge in [0.1, 0.15) is 0 Å². The fourth-order valence-corrected chi connectivity index (χ4v) is 6.08. The van der Waals surface area contributed by atoms with E-state index in [0.717, 1.165) is 5.57 Å². The van der Waals surface area contributed by atoms with Gasteiger partial charge in [0, 0.05) is 5.57 Å². The Kier molecular flexibility index (Phi) is 9.83. The van der Waals surface area contributed by atoms with E-state index in [9.17, 15) is 9.59 Å². The molecule has 3 rings (SSSR count). The van der Waals surface area contributed by atoms with Crippen LogP contribution in [0.2, 0.25) is 20.1 Å². The number of hydrogen-bond donors (Lipinski definition) is 0. The molecule has 40 heavy (non-hydrogen) atoms. The monoisotopic (exact) mass is 632 g/mol. The summed E-state index contributed by atoms with van der Waals surface area (Å²) in [5, 5.41) is -0.416. The first-order chi connectivity index (χ1) is 18.9. The van der Waals surface area contributed by atoms with Crippen molar-refractivity contribution in [3.8, 4) is 34.5 Å². The molecule has 0 N–H and O–H groups in total. The number of ether oxygens (including phenoxy) is 6. The molecular formula is C28H28Cl4O8. The molecule has 2 aromatic carbocycles. The van der Waals surface area contributed by atoms with Crippen LogP contribution in [0.4, 0.5) is 0 Å². The van der Waals surface area contributed by atoms with Crippen LogP contribution in [0, 0.1) is 5.41 Å². The highest BCUT2D eigenvalue weighted by molar-refractivity contribution is 6.45. The smallest absolute Gasteiger partial charge is 0.206 e. The fraction of sp³-hybridized carbons (Fsp3) is 0.357. The molecule has 0 saturated heterocycles. The van der Waals surface area contributed by atoms with Gasteiger partial charge in [-0.25, -0.2) is 0 Å². The highest BCUT2D eigenvalue weighted by Crippen LogP contribution is 2.55. The summed E-state index contributed by atoms with van der Waals surface area (Å²) in [7, 11) is 8.22. The van der Waals surface area contributed by atoms with Crippen LogP contribution in [0.1, 0.15) is 41.0 Å². The molecule has 216 valence electrons. The maximum absolute atomic E-state index is 14.4. The molecule has 1 aliphatic carbocycles. The van der Waals surface area contributed by atoms with E-state index in [2.05, 4.69) is 0 Å². The summed E-state index contributed by atoms with van der Waals surface area (Å²) in [6.45, 7) is 3.41. The number of halogens is 4. The number of carbonyl (C=O) groups is 2. The van der Waals surface area contributed by atoms with Crippen molar-refractivity contribution in [3.05, 3.63) is 54.5 Å². The molecule has 0 heterocycles. The first kappa shape index (κ1) is 31.7. The van der Waals surface area contributed by atoms with Gasteiger partial charge in [-0.2, -0.15) is 0 Å². The van der Waals surface area contributed by atoms with Gasteiger partial charge in [0.05, 0.1) is 79.3 Å². The third-order valence-corrected chi connectivity index (χ3v) is 8.17. The minimum Gasteiger partial charge on any atom is -0.491 e. The molecule has 12 heteroatoms. The highest BCUT2D eigenvalue weighted by Gasteiger charge is 2.46. The predicted octanol–water partition coefficient (Wildman–Crippen LogP) is 7.70. The Bertz CT molecular complexity index is 1380. The average Bonchev–Trinajstić information content (AvgIpc) is 2.93. The minimum absolute atomic E-state index is 0.0428. The van der Waals surface area contributed by atoms with Gasteiger partial charge in [0.25, 0.3) is 0 Å². The molecule has 1 unspecified atom stereocenters. The zero-order valence-electron chi connectivity index (χ0n) is 23.1. The Morgan fingerprint density at radius 2 is 1.00 bits per heavy atom. The lowest BCUT2D eigenvalue weighted by molar-refractivity contribution is 0.0823. The summed E-state index contributed by atoms with van der Waals surface area (Å²) >= 11 is 26.6. The van der Waals surface area contributed by atoms with Crippen molar-refractivity contribution >= 4 is 58.0 Å². The lowest BCUT2D eigenvalue weighted by Crippen LogP contribution is -2.35. The van der Waals surface area contributed by atoms with Gasteiger partial charge in [-0.1, -0.05) is 64.1 Å². The Labute approximate surface area is 252 Å². The van der Waals surface area contributed by atoms with Crippen molar-refractivity contribution in [2.24, 2.45) is 5.41 Å². The molecule has 0 spiro atoms. The maximum atomic E-state index is 14.4. The van der Waals surface area contributed by atoms with Crippen LogP contribution in [0.5, 0.6) is 34.5 Å². The first-order valence-corrected chi connectivity index (χ1v) is 13.2. The van der Waals surface area contributed by atoms with E-state index < -0.39 is 17.0 Å². The lowest BCUT2D eigenvalue weighted by Gasteiger charge is -2.34. The molecule has 0 fully saturated rings. The molecule has 1 aliphatic rings. The number of Topliss-reactive ketones (excluding diaryl/α,β-unsaturated/α-hetero) is 2. The van der Waals surface area contributed by atoms with Crippen molar-refractivity contribution < 1.29 is 38.0 Å². The second kappa shape index (κ2) is 12.4. The molecule has 0 aromatic heterocycles. The molecule has 0 bridgehead atoms. The van der Waals surface area contributed by atoms with Crippen molar-refractivity contribution in [2.75, 3.05) is 42.7 Å². The van der Waals surface area contributed by atoms with Crippen LogP contribution in [0.3, 0.4) is 0 Å². The Morgan fingerprint density at radius 3 is 1.35 bits per heavy atom. The molecule has 2 aromatic rings. The molecule has 1 atom stereocenters. The Hall–Kier alpha value is -2.78. The van der Waals surface area contributed by atoms with Crippen LogP contribution in [0.15, 0.2) is 23.3 Å². The summed E-state index contributed by atoms with van der Waals surface area (Å²) in [6, 6.07) is 0. The van der Waals surface area contributed by atoms with Gasteiger partial charge >= 0.3 is 0 Å². The van der Waals surface area contributed by atoms with Gasteiger partial charge < -0.3 is 28.4 Å². The zero-order chi connectivity index (χ0) is 30.1. The summed E-state index contributed by atoms with van der Waals surface area (Å²) in [5.41, 5.74) is -0.859. The number of hydrogen-bond acceptors (Lipinski definition) is 8. The van der Waals surface area contributed by atoms with E-state index in [0.29, 0.717) is 0 Å². The van der Waals surface area contributed by atoms with Gasteiger partial charge in [0.2, 0.25) is 11.5 Å². The van der Waals surface area contributed by atoms with E-state index in [4.69, 9.17) is 74.8 Å². The van der Waals surface area contributed by atoms with Gasteiger partial charge in [0.15, 0.2) is 34.6 Å². The molecule has 0 saturated carbocycles. The molecule has 0 radical (unpaired) electrons. The Balaban J connectivity index is 2.32. The van der Waals surface area contributed by atoms with Crippen molar-refractivity contribution in [2.45, 2.75) is 20.3 Å². The van der Waals surface area contributed by atoms with Crippen molar-refractivity contribution in [3.63, 3.8) is 0 Å². The number of benzene rings is 2. The lowest BCUT2D eigenvalue weighted by atomic mass is 9.68. The van der Waals surface area contributed by atoms with Crippen LogP contribution < -0.4 is 28.4 Å². The molecule has 8 nitrogen and oxygen atoms in total. The van der Waals surface area contributed by atoms with Gasteiger partial charge in [-0.3, -0.25) is 9.59 Å². The summed E-state index contributed by atoms with van der Waals surface area (Å²) in [6.07, 6.45) is 3.56. The van der Waals surface area contributed by atoms with Crippen molar-refractivity contribution in [1.82, 2.24) is 0 Å². The third-order valence-electron chi connectivity index (χ3n) is 6.72. The number of rotatable bonds is 10. The summed E-state index contributed by atoms with van der Waals surface area (Å²) in [5.74, 6) is -0.784. The van der Waals surface area contributed by atoms with E-state index in [1.807, 2.05) is 6.08 Å². The largest absolute Gasteiger partial charge is 0.491 e. The van der Waals surface area contributed by atoms with Crippen LogP contribution in [-0.2, 0) is 0 Å². The fourth-order valence-electron chi connectivity index (χ4n) is 4.61. The van der Waals surface area contributed by atoms with E-state index in [1.54, 1.807) is 19.9 Å². The average molecular weight is 634 g/mol. The van der Waals surface area contributed by atoms with Crippen LogP contribution >= 0.6 is 46.4 Å². The number of methoxy groups -OCH3 is 6. The van der Waals surface area contributed by atoms with Crippen LogP contribution in [-0.4, -0.2) is 54.2 Å². The molecule has 0 amide bonds. The van der Waals surface area contributed by atoms with Crippen molar-refractivity contribution in [1.29, 1.82) is 0 Å². The summed E-state index contributed by atoms with van der Waals surface area (Å²) < 4.78 is 32.4. The maximum Gasteiger partial charge on any atom is 0.206 e. The predicted molar refractivity (Wildman–Crippen MR) is 155 cm³/mol. The topological polar surface area (TPSA) is 89.5 Å². The van der Waals surface area contributed by atoms with E-state index >= 15 is 0 Å². The SMILES string of the molecule is COc1c(Cl)c(C(=O)C2=CC(C)=CCC2(C)C(=O)c2c(Cl)c(OC)c(OC)c(OC)c2Cl)c(Cl)c(OC)c1OC. The quantitative estimate of drug-likeness (QED) is 0.246. The second-order valence-corrected chi connectivity index (χ2v) is 10.4. The summed E-state index contributed by atoms with van der Waals surface area (Å²) in [4.78, 5) is 28.7. The normalized spacial score (nSPS) is 16.5. The van der Waals surface area contributed by atoms with E-state index in [1.165, 1.54) is 42.7 Å². The Morgan fingerprint density at radius 1 is 0.650 bits per heavy atom.